The Labute approximate surface area is 265 Å². The lowest BCUT2D eigenvalue weighted by atomic mass is 9.97. The lowest BCUT2D eigenvalue weighted by Crippen LogP contribution is -2.64. The van der Waals surface area contributed by atoms with Crippen molar-refractivity contribution in [2.45, 2.75) is 116 Å². The number of esters is 4. The van der Waals surface area contributed by atoms with Crippen LogP contribution in [0.2, 0.25) is 0 Å². The second-order valence-electron chi connectivity index (χ2n) is 11.5. The van der Waals surface area contributed by atoms with E-state index in [1.165, 1.54) is 32.3 Å². The average molecular weight is 653 g/mol. The summed E-state index contributed by atoms with van der Waals surface area (Å²) >= 11 is 0. The number of aromatic hydroxyl groups is 1. The van der Waals surface area contributed by atoms with Gasteiger partial charge in [-0.3, -0.25) is 14.4 Å². The summed E-state index contributed by atoms with van der Waals surface area (Å²) in [6.45, 7) is 10.1. The van der Waals surface area contributed by atoms with Gasteiger partial charge in [-0.15, -0.1) is 0 Å². The molecular weight excluding hydrogens is 612 g/mol. The number of phenolic OH excluding ortho intramolecular Hbond substituents is 1. The van der Waals surface area contributed by atoms with E-state index >= 15 is 0 Å². The van der Waals surface area contributed by atoms with Gasteiger partial charge in [-0.2, -0.15) is 0 Å². The molecule has 3 aliphatic heterocycles. The number of ether oxygens (including phenoxy) is 10. The third kappa shape index (κ3) is 8.33. The second kappa shape index (κ2) is 14.3. The van der Waals surface area contributed by atoms with E-state index in [4.69, 9.17) is 47.4 Å². The third-order valence-electron chi connectivity index (χ3n) is 7.34. The Morgan fingerprint density at radius 3 is 1.98 bits per heavy atom. The van der Waals surface area contributed by atoms with Crippen LogP contribution in [-0.4, -0.2) is 103 Å². The molecule has 4 rings (SSSR count). The molecule has 15 nitrogen and oxygen atoms in total. The highest BCUT2D eigenvalue weighted by molar-refractivity contribution is 5.87. The van der Waals surface area contributed by atoms with Crippen molar-refractivity contribution in [2.24, 2.45) is 0 Å². The van der Waals surface area contributed by atoms with Crippen LogP contribution in [0.3, 0.4) is 0 Å². The van der Waals surface area contributed by atoms with E-state index in [-0.39, 0.29) is 11.5 Å². The number of benzene rings is 1. The summed E-state index contributed by atoms with van der Waals surface area (Å²) < 4.78 is 57.7. The number of fused-ring (bicyclic) bond motifs is 1. The summed E-state index contributed by atoms with van der Waals surface area (Å²) in [5.74, 6) is -3.78. The standard InChI is InChI=1S/C31H40O15/c1-14-23(40-16(3)32)25(41-17(4)33)27(42-18(5)34)29(38-14)44-24-15(2)39-30(28-26(24)45-31(6,7)46-28)43-22(36)12-10-19-9-11-20(35)21(13-19)37-8/h9-15,23-30,35H,1-8H3/b12-10+. The Kier molecular flexibility index (Phi) is 10.9. The number of rotatable bonds is 9. The van der Waals surface area contributed by atoms with Crippen LogP contribution in [0.1, 0.15) is 54.0 Å². The summed E-state index contributed by atoms with van der Waals surface area (Å²) in [7, 11) is 1.41. The van der Waals surface area contributed by atoms with E-state index in [0.29, 0.717) is 5.56 Å². The summed E-state index contributed by atoms with van der Waals surface area (Å²) in [6, 6.07) is 4.57. The summed E-state index contributed by atoms with van der Waals surface area (Å²) in [5.41, 5.74) is 0.574. The Morgan fingerprint density at radius 1 is 0.783 bits per heavy atom. The summed E-state index contributed by atoms with van der Waals surface area (Å²) in [5, 5.41) is 9.80. The van der Waals surface area contributed by atoms with Crippen molar-refractivity contribution in [3.8, 4) is 11.5 Å². The van der Waals surface area contributed by atoms with Crippen LogP contribution < -0.4 is 4.74 Å². The fraction of sp³-hybridized carbons (Fsp3) is 0.613. The van der Waals surface area contributed by atoms with Crippen molar-refractivity contribution in [2.75, 3.05) is 7.11 Å². The maximum absolute atomic E-state index is 12.8. The molecular formula is C31H40O15. The van der Waals surface area contributed by atoms with Crippen molar-refractivity contribution < 1.29 is 71.7 Å². The van der Waals surface area contributed by atoms with Crippen LogP contribution in [0, 0.1) is 0 Å². The van der Waals surface area contributed by atoms with E-state index in [0.717, 1.165) is 13.8 Å². The highest BCUT2D eigenvalue weighted by Crippen LogP contribution is 2.41. The van der Waals surface area contributed by atoms with Crippen LogP contribution in [0.4, 0.5) is 0 Å². The summed E-state index contributed by atoms with van der Waals surface area (Å²) in [6.07, 6.45) is -7.97. The predicted octanol–water partition coefficient (Wildman–Crippen LogP) is 2.15. The molecule has 3 heterocycles. The molecule has 1 aromatic rings. The third-order valence-corrected chi connectivity index (χ3v) is 7.34. The minimum absolute atomic E-state index is 0.0472. The molecule has 3 saturated heterocycles. The minimum atomic E-state index is -1.35. The first-order chi connectivity index (χ1) is 21.6. The number of phenols is 1. The Morgan fingerprint density at radius 2 is 1.35 bits per heavy atom. The van der Waals surface area contributed by atoms with Gasteiger partial charge in [-0.25, -0.2) is 4.79 Å². The first kappa shape index (κ1) is 35.1. The van der Waals surface area contributed by atoms with Gasteiger partial charge in [0.25, 0.3) is 0 Å². The van der Waals surface area contributed by atoms with Crippen molar-refractivity contribution in [3.05, 3.63) is 29.8 Å². The van der Waals surface area contributed by atoms with Crippen LogP contribution in [-0.2, 0) is 61.8 Å². The largest absolute Gasteiger partial charge is 0.504 e. The molecule has 15 heteroatoms. The Bertz CT molecular complexity index is 1320. The highest BCUT2D eigenvalue weighted by Gasteiger charge is 2.59. The fourth-order valence-electron chi connectivity index (χ4n) is 5.55. The van der Waals surface area contributed by atoms with Gasteiger partial charge in [0.15, 0.2) is 48.0 Å². The first-order valence-corrected chi connectivity index (χ1v) is 14.7. The molecule has 3 fully saturated rings. The predicted molar refractivity (Wildman–Crippen MR) is 154 cm³/mol. The van der Waals surface area contributed by atoms with E-state index < -0.39 is 91.1 Å². The number of carbonyl (C=O) groups is 4. The number of hydrogen-bond acceptors (Lipinski definition) is 15. The van der Waals surface area contributed by atoms with E-state index in [9.17, 15) is 24.3 Å². The SMILES string of the molecule is COc1cc(/C=C/C(=O)OC2OC(C)C(OC3OC(C)C(OC(C)=O)C(OC(C)=O)C3OC(C)=O)C3OC(C)(C)OC23)ccc1O. The maximum Gasteiger partial charge on any atom is 0.333 e. The van der Waals surface area contributed by atoms with Crippen LogP contribution in [0.5, 0.6) is 11.5 Å². The van der Waals surface area contributed by atoms with Crippen LogP contribution in [0.15, 0.2) is 24.3 Å². The molecule has 0 radical (unpaired) electrons. The second-order valence-corrected chi connectivity index (χ2v) is 11.5. The van der Waals surface area contributed by atoms with E-state index in [1.54, 1.807) is 39.8 Å². The van der Waals surface area contributed by atoms with Gasteiger partial charge >= 0.3 is 23.9 Å². The quantitative estimate of drug-likeness (QED) is 0.233. The minimum Gasteiger partial charge on any atom is -0.504 e. The molecule has 3 aliphatic rings. The molecule has 46 heavy (non-hydrogen) atoms. The molecule has 0 aromatic heterocycles. The Balaban J connectivity index is 1.54. The molecule has 0 saturated carbocycles. The smallest absolute Gasteiger partial charge is 0.333 e. The van der Waals surface area contributed by atoms with Gasteiger partial charge in [-0.05, 0) is 51.5 Å². The molecule has 10 unspecified atom stereocenters. The molecule has 1 aromatic carbocycles. The van der Waals surface area contributed by atoms with E-state index in [1.807, 2.05) is 0 Å². The number of hydrogen-bond donors (Lipinski definition) is 1. The molecule has 0 amide bonds. The first-order valence-electron chi connectivity index (χ1n) is 14.7. The van der Waals surface area contributed by atoms with Gasteiger partial charge in [0.1, 0.15) is 12.2 Å². The van der Waals surface area contributed by atoms with Crippen LogP contribution >= 0.6 is 0 Å². The zero-order chi connectivity index (χ0) is 33.9. The molecule has 0 aliphatic carbocycles. The normalized spacial score (nSPS) is 33.5. The monoisotopic (exact) mass is 652 g/mol. The van der Waals surface area contributed by atoms with Crippen LogP contribution in [0.25, 0.3) is 6.08 Å². The molecule has 254 valence electrons. The molecule has 1 N–H and O–H groups in total. The maximum atomic E-state index is 12.8. The average Bonchev–Trinajstić information content (AvgIpc) is 3.28. The fourth-order valence-corrected chi connectivity index (χ4v) is 5.55. The lowest BCUT2D eigenvalue weighted by Gasteiger charge is -2.46. The van der Waals surface area contributed by atoms with Gasteiger partial charge < -0.3 is 52.5 Å². The lowest BCUT2D eigenvalue weighted by molar-refractivity contribution is -0.340. The van der Waals surface area contributed by atoms with Crippen molar-refractivity contribution in [3.63, 3.8) is 0 Å². The Hall–Kier alpha value is -3.76. The van der Waals surface area contributed by atoms with Gasteiger partial charge in [0.2, 0.25) is 6.29 Å². The highest BCUT2D eigenvalue weighted by atomic mass is 16.8. The molecule has 0 bridgehead atoms. The molecule has 0 spiro atoms. The van der Waals surface area contributed by atoms with Crippen molar-refractivity contribution >= 4 is 30.0 Å². The number of carbonyl (C=O) groups excluding carboxylic acids is 4. The molecule has 10 atom stereocenters. The van der Waals surface area contributed by atoms with E-state index in [2.05, 4.69) is 0 Å². The van der Waals surface area contributed by atoms with Gasteiger partial charge in [0, 0.05) is 26.8 Å². The van der Waals surface area contributed by atoms with Crippen molar-refractivity contribution in [1.29, 1.82) is 0 Å². The number of methoxy groups -OCH3 is 1. The topological polar surface area (TPSA) is 181 Å². The van der Waals surface area contributed by atoms with Gasteiger partial charge in [0.05, 0.1) is 19.3 Å². The zero-order valence-corrected chi connectivity index (χ0v) is 26.8. The van der Waals surface area contributed by atoms with Crippen molar-refractivity contribution in [1.82, 2.24) is 0 Å². The summed E-state index contributed by atoms with van der Waals surface area (Å²) in [4.78, 5) is 48.9. The van der Waals surface area contributed by atoms with Gasteiger partial charge in [-0.1, -0.05) is 6.07 Å². The zero-order valence-electron chi connectivity index (χ0n) is 26.8.